The Balaban J connectivity index is 1.42. The number of amides is 1. The van der Waals surface area contributed by atoms with Crippen LogP contribution in [0.3, 0.4) is 0 Å². The van der Waals surface area contributed by atoms with Gasteiger partial charge < -0.3 is 15.8 Å². The van der Waals surface area contributed by atoms with E-state index in [0.29, 0.717) is 29.7 Å². The molecule has 4 rings (SSSR count). The van der Waals surface area contributed by atoms with Gasteiger partial charge in [0, 0.05) is 29.3 Å². The molecule has 40 heavy (non-hydrogen) atoms. The van der Waals surface area contributed by atoms with Crippen molar-refractivity contribution in [3.63, 3.8) is 0 Å². The third-order valence-corrected chi connectivity index (χ3v) is 9.59. The lowest BCUT2D eigenvalue weighted by Gasteiger charge is -2.30. The Morgan fingerprint density at radius 1 is 1.20 bits per heavy atom. The van der Waals surface area contributed by atoms with E-state index in [1.54, 1.807) is 6.07 Å². The zero-order valence-corrected chi connectivity index (χ0v) is 25.6. The molecule has 1 saturated carbocycles. The first-order chi connectivity index (χ1) is 18.8. The molecule has 0 unspecified atom stereocenters. The van der Waals surface area contributed by atoms with Crippen LogP contribution in [0, 0.1) is 12.3 Å². The summed E-state index contributed by atoms with van der Waals surface area (Å²) in [6.45, 7) is 10.5. The summed E-state index contributed by atoms with van der Waals surface area (Å²) in [4.78, 5) is 37.5. The van der Waals surface area contributed by atoms with Gasteiger partial charge in [-0.05, 0) is 81.7 Å². The molecule has 9 heteroatoms. The minimum absolute atomic E-state index is 0.0690. The molecule has 0 bridgehead atoms. The Kier molecular flexibility index (Phi) is 9.02. The van der Waals surface area contributed by atoms with Gasteiger partial charge in [-0.3, -0.25) is 14.4 Å². The van der Waals surface area contributed by atoms with E-state index < -0.39 is 5.91 Å². The number of carbonyl (C=O) groups is 3. The molecule has 8 nitrogen and oxygen atoms in total. The van der Waals surface area contributed by atoms with Crippen molar-refractivity contribution in [2.24, 2.45) is 11.1 Å². The number of hydrogen-bond acceptors (Lipinski definition) is 7. The number of fused-ring (bicyclic) bond motifs is 1. The molecule has 1 fully saturated rings. The van der Waals surface area contributed by atoms with Gasteiger partial charge in [-0.2, -0.15) is 16.9 Å². The average Bonchev–Trinajstić information content (AvgIpc) is 3.20. The number of rotatable bonds is 10. The summed E-state index contributed by atoms with van der Waals surface area (Å²) in [5, 5.41) is 8.25. The zero-order chi connectivity index (χ0) is 29.2. The third kappa shape index (κ3) is 7.09. The van der Waals surface area contributed by atoms with Gasteiger partial charge in [-0.1, -0.05) is 27.7 Å². The maximum Gasteiger partial charge on any atom is 0.306 e. The Morgan fingerprint density at radius 3 is 2.55 bits per heavy atom. The standard InChI is InChI=1S/C31H44N4O4S/c1-19-28-25(17-30(2,3)18-26(28)36)35(34-19)21-11-14-23(29(32)38)24(16-21)33-20-9-12-22(13-10-20)39-27(37)8-7-15-31(4,5)40-6/h11,14,16,20,22,33H,7-10,12-13,15,17-18H2,1-6H3,(H2,32,38). The second kappa shape index (κ2) is 12.0. The molecule has 2 aromatic rings. The smallest absolute Gasteiger partial charge is 0.306 e. The van der Waals surface area contributed by atoms with Crippen LogP contribution in [-0.2, 0) is 16.0 Å². The average molecular weight is 569 g/mol. The van der Waals surface area contributed by atoms with Gasteiger partial charge in [0.1, 0.15) is 6.10 Å². The number of Topliss-reactive ketones (excluding diaryl/α,β-unsaturated/α-hetero) is 1. The van der Waals surface area contributed by atoms with E-state index in [1.165, 1.54) is 0 Å². The molecule has 0 atom stereocenters. The molecule has 2 aliphatic carbocycles. The number of anilines is 1. The number of ketones is 1. The molecule has 2 aliphatic rings. The largest absolute Gasteiger partial charge is 0.462 e. The van der Waals surface area contributed by atoms with Crippen molar-refractivity contribution in [1.29, 1.82) is 0 Å². The predicted molar refractivity (Wildman–Crippen MR) is 160 cm³/mol. The number of nitrogens with zero attached hydrogens (tertiary/aromatic N) is 2. The Bertz CT molecular complexity index is 1270. The van der Waals surface area contributed by atoms with E-state index in [2.05, 4.69) is 39.3 Å². The van der Waals surface area contributed by atoms with Crippen LogP contribution in [0.2, 0.25) is 0 Å². The first kappa shape index (κ1) is 30.2. The molecule has 0 spiro atoms. The number of esters is 1. The molecular weight excluding hydrogens is 524 g/mol. The molecule has 0 saturated heterocycles. The van der Waals surface area contributed by atoms with E-state index in [9.17, 15) is 14.4 Å². The second-order valence-corrected chi connectivity index (χ2v) is 14.3. The van der Waals surface area contributed by atoms with Gasteiger partial charge in [-0.15, -0.1) is 0 Å². The zero-order valence-electron chi connectivity index (χ0n) is 24.8. The SMILES string of the molecule is CSC(C)(C)CCCC(=O)OC1CCC(Nc2cc(-n3nc(C)c4c3CC(C)(C)CC4=O)ccc2C(N)=O)CC1. The Hall–Kier alpha value is -2.81. The second-order valence-electron chi connectivity index (χ2n) is 12.8. The maximum absolute atomic E-state index is 12.9. The quantitative estimate of drug-likeness (QED) is 0.337. The fourth-order valence-electron chi connectivity index (χ4n) is 5.90. The highest BCUT2D eigenvalue weighted by Gasteiger charge is 2.36. The minimum atomic E-state index is -0.503. The van der Waals surface area contributed by atoms with Crippen LogP contribution in [0.1, 0.15) is 111 Å². The molecule has 0 aliphatic heterocycles. The number of nitrogens with one attached hydrogen (secondary N) is 1. The van der Waals surface area contributed by atoms with Crippen LogP contribution < -0.4 is 11.1 Å². The molecule has 1 amide bonds. The van der Waals surface area contributed by atoms with Crippen LogP contribution in [0.5, 0.6) is 0 Å². The first-order valence-electron chi connectivity index (χ1n) is 14.4. The monoisotopic (exact) mass is 568 g/mol. The molecule has 3 N–H and O–H groups in total. The van der Waals surface area contributed by atoms with Gasteiger partial charge in [-0.25, -0.2) is 4.68 Å². The summed E-state index contributed by atoms with van der Waals surface area (Å²) in [6.07, 6.45) is 8.73. The molecule has 0 radical (unpaired) electrons. The number of thioether (sulfide) groups is 1. The summed E-state index contributed by atoms with van der Waals surface area (Å²) in [5.41, 5.74) is 9.80. The normalized spacial score (nSPS) is 20.6. The lowest BCUT2D eigenvalue weighted by Crippen LogP contribution is -2.32. The number of aryl methyl sites for hydroxylation is 1. The summed E-state index contributed by atoms with van der Waals surface area (Å²) < 4.78 is 7.79. The Morgan fingerprint density at radius 2 is 1.90 bits per heavy atom. The van der Waals surface area contributed by atoms with E-state index in [4.69, 9.17) is 15.6 Å². The van der Waals surface area contributed by atoms with Crippen molar-refractivity contribution < 1.29 is 19.1 Å². The third-order valence-electron chi connectivity index (χ3n) is 8.28. The highest BCUT2D eigenvalue weighted by Crippen LogP contribution is 2.37. The summed E-state index contributed by atoms with van der Waals surface area (Å²) in [5.74, 6) is -0.490. The Labute approximate surface area is 242 Å². The lowest BCUT2D eigenvalue weighted by atomic mass is 9.75. The number of benzene rings is 1. The topological polar surface area (TPSA) is 116 Å². The fraction of sp³-hybridized carbons (Fsp3) is 0.613. The number of carbonyl (C=O) groups excluding carboxylic acids is 3. The fourth-order valence-corrected chi connectivity index (χ4v) is 6.25. The number of aromatic nitrogens is 2. The minimum Gasteiger partial charge on any atom is -0.462 e. The summed E-state index contributed by atoms with van der Waals surface area (Å²) in [7, 11) is 0. The van der Waals surface area contributed by atoms with E-state index in [1.807, 2.05) is 35.5 Å². The van der Waals surface area contributed by atoms with Crippen LogP contribution in [0.4, 0.5) is 5.69 Å². The number of ether oxygens (including phenoxy) is 1. The van der Waals surface area contributed by atoms with Crippen molar-refractivity contribution >= 4 is 35.1 Å². The highest BCUT2D eigenvalue weighted by molar-refractivity contribution is 7.99. The van der Waals surface area contributed by atoms with Crippen molar-refractivity contribution in [3.8, 4) is 5.69 Å². The highest BCUT2D eigenvalue weighted by atomic mass is 32.2. The lowest BCUT2D eigenvalue weighted by molar-refractivity contribution is -0.150. The summed E-state index contributed by atoms with van der Waals surface area (Å²) >= 11 is 1.82. The molecular formula is C31H44N4O4S. The molecule has 1 aromatic heterocycles. The number of primary amides is 1. The van der Waals surface area contributed by atoms with Gasteiger partial charge in [0.2, 0.25) is 0 Å². The van der Waals surface area contributed by atoms with Gasteiger partial charge in [0.25, 0.3) is 5.91 Å². The van der Waals surface area contributed by atoms with Crippen LogP contribution in [0.25, 0.3) is 5.69 Å². The van der Waals surface area contributed by atoms with E-state index in [0.717, 1.165) is 62.0 Å². The molecule has 218 valence electrons. The van der Waals surface area contributed by atoms with Gasteiger partial charge in [0.05, 0.1) is 28.2 Å². The van der Waals surface area contributed by atoms with Gasteiger partial charge in [0.15, 0.2) is 5.78 Å². The van der Waals surface area contributed by atoms with Crippen molar-refractivity contribution in [1.82, 2.24) is 9.78 Å². The maximum atomic E-state index is 12.9. The van der Waals surface area contributed by atoms with Crippen molar-refractivity contribution in [2.45, 2.75) is 109 Å². The first-order valence-corrected chi connectivity index (χ1v) is 15.6. The summed E-state index contributed by atoms with van der Waals surface area (Å²) in [6, 6.07) is 5.59. The van der Waals surface area contributed by atoms with Crippen LogP contribution in [-0.4, -0.2) is 50.6 Å². The molecule has 1 heterocycles. The predicted octanol–water partition coefficient (Wildman–Crippen LogP) is 6.01. The molecule has 1 aromatic carbocycles. The number of nitrogens with two attached hydrogens (primary N) is 1. The number of hydrogen-bond donors (Lipinski definition) is 2. The van der Waals surface area contributed by atoms with E-state index >= 15 is 0 Å². The van der Waals surface area contributed by atoms with Gasteiger partial charge >= 0.3 is 5.97 Å². The van der Waals surface area contributed by atoms with Crippen molar-refractivity contribution in [3.05, 3.63) is 40.7 Å². The van der Waals surface area contributed by atoms with Crippen LogP contribution >= 0.6 is 11.8 Å². The van der Waals surface area contributed by atoms with Crippen molar-refractivity contribution in [2.75, 3.05) is 11.6 Å². The van der Waals surface area contributed by atoms with E-state index in [-0.39, 0.29) is 34.1 Å². The van der Waals surface area contributed by atoms with Crippen LogP contribution in [0.15, 0.2) is 18.2 Å².